The van der Waals surface area contributed by atoms with Crippen LogP contribution in [0.2, 0.25) is 0 Å². The lowest BCUT2D eigenvalue weighted by Gasteiger charge is -2.10. The van der Waals surface area contributed by atoms with Crippen molar-refractivity contribution in [3.8, 4) is 0 Å². The molecule has 4 aromatic carbocycles. The number of aromatic nitrogens is 2. The molecule has 10 nitrogen and oxygen atoms in total. The first kappa shape index (κ1) is 40.2. The Balaban J connectivity index is 1.10. The zero-order chi connectivity index (χ0) is 45.0. The SMILES string of the molecule is O=C1C(=Cc2cc3c(s2)c2sc4c5sc(C=C6C(=O)c7cc(F)c(F)cc7C6=O)cc5n(C(=O)OCc5ccccc5)c4c2n3C(=O)OCc2ccccc2)C(=O)c2cc(F)c(F)cc21. The Morgan fingerprint density at radius 2 is 0.815 bits per heavy atom. The Hall–Kier alpha value is -7.60. The topological polar surface area (TPSA) is 131 Å². The Morgan fingerprint density at radius 3 is 1.15 bits per heavy atom. The summed E-state index contributed by atoms with van der Waals surface area (Å²) in [6, 6.07) is 23.7. The van der Waals surface area contributed by atoms with E-state index in [-0.39, 0.29) is 57.6 Å². The van der Waals surface area contributed by atoms with Crippen LogP contribution < -0.4 is 0 Å². The van der Waals surface area contributed by atoms with Crippen molar-refractivity contribution in [3.05, 3.63) is 175 Å². The lowest BCUT2D eigenvalue weighted by Crippen LogP contribution is -2.16. The standard InChI is InChI=1S/C48H22F4N2O8S3/c49-31-15-25-26(16-32(31)50)40(56)29(39(25)55)11-23-13-35-43(63-23)45-37(53(35)47(59)61-19-21-7-3-1-4-8-21)38-46(65-45)44-36(54(38)48(60)62-20-22-9-5-2-6-10-22)14-24(64-44)12-30-41(57)27-17-33(51)34(52)18-28(27)42(30)58/h1-18H,19-20H2. The van der Waals surface area contributed by atoms with Crippen molar-refractivity contribution in [2.75, 3.05) is 0 Å². The van der Waals surface area contributed by atoms with Crippen molar-refractivity contribution in [1.82, 2.24) is 9.13 Å². The highest BCUT2D eigenvalue weighted by atomic mass is 32.1. The van der Waals surface area contributed by atoms with Crippen molar-refractivity contribution < 1.29 is 55.8 Å². The van der Waals surface area contributed by atoms with Gasteiger partial charge in [0.25, 0.3) is 0 Å². The molecule has 0 aliphatic heterocycles. The zero-order valence-electron chi connectivity index (χ0n) is 32.7. The molecule has 0 N–H and O–H groups in total. The molecule has 9 aromatic rings. The largest absolute Gasteiger partial charge is 0.444 e. The molecule has 2 aliphatic rings. The van der Waals surface area contributed by atoms with Gasteiger partial charge in [0.2, 0.25) is 0 Å². The van der Waals surface area contributed by atoms with E-state index < -0.39 is 58.6 Å². The summed E-state index contributed by atoms with van der Waals surface area (Å²) in [4.78, 5) is 82.9. The van der Waals surface area contributed by atoms with E-state index in [1.807, 2.05) is 12.1 Å². The average molecular weight is 927 g/mol. The lowest BCUT2D eigenvalue weighted by molar-refractivity contribution is 0.0975. The molecule has 17 heteroatoms. The molecule has 5 heterocycles. The number of hydrogen-bond donors (Lipinski definition) is 0. The van der Waals surface area contributed by atoms with Gasteiger partial charge in [-0.05, 0) is 59.7 Å². The molecular weight excluding hydrogens is 905 g/mol. The highest BCUT2D eigenvalue weighted by Crippen LogP contribution is 2.50. The van der Waals surface area contributed by atoms with Crippen LogP contribution in [-0.4, -0.2) is 44.5 Å². The van der Waals surface area contributed by atoms with Crippen molar-refractivity contribution >= 4 is 122 Å². The summed E-state index contributed by atoms with van der Waals surface area (Å²) in [6.45, 7) is -0.255. The summed E-state index contributed by atoms with van der Waals surface area (Å²) >= 11 is 3.45. The number of allylic oxidation sites excluding steroid dienone is 2. The van der Waals surface area contributed by atoms with Crippen LogP contribution in [-0.2, 0) is 22.7 Å². The van der Waals surface area contributed by atoms with Gasteiger partial charge in [0, 0.05) is 32.0 Å². The number of benzene rings is 4. The van der Waals surface area contributed by atoms with Gasteiger partial charge in [0.1, 0.15) is 13.2 Å². The zero-order valence-corrected chi connectivity index (χ0v) is 35.2. The fourth-order valence-corrected chi connectivity index (χ4v) is 11.8. The normalized spacial score (nSPS) is 13.5. The third kappa shape index (κ3) is 6.33. The van der Waals surface area contributed by atoms with E-state index in [2.05, 4.69) is 0 Å². The maximum Gasteiger partial charge on any atom is 0.419 e. The molecule has 0 amide bonds. The number of rotatable bonds is 6. The fraction of sp³-hybridized carbons (Fsp3) is 0.0417. The lowest BCUT2D eigenvalue weighted by atomic mass is 10.1. The second-order valence-electron chi connectivity index (χ2n) is 15.0. The van der Waals surface area contributed by atoms with E-state index >= 15 is 0 Å². The molecule has 0 unspecified atom stereocenters. The first-order chi connectivity index (χ1) is 31.4. The number of hydrogen-bond acceptors (Lipinski definition) is 11. The van der Waals surface area contributed by atoms with Crippen molar-refractivity contribution in [2.45, 2.75) is 13.2 Å². The van der Waals surface area contributed by atoms with E-state index in [1.54, 1.807) is 60.7 Å². The minimum Gasteiger partial charge on any atom is -0.444 e. The summed E-state index contributed by atoms with van der Waals surface area (Å²) in [5.74, 6) is -8.29. The first-order valence-corrected chi connectivity index (χ1v) is 21.9. The number of carbonyl (C=O) groups excluding carboxylic acids is 6. The maximum absolute atomic E-state index is 14.4. The number of carbonyl (C=O) groups is 6. The Labute approximate surface area is 373 Å². The van der Waals surface area contributed by atoms with Gasteiger partial charge in [0.15, 0.2) is 46.4 Å². The van der Waals surface area contributed by atoms with Gasteiger partial charge < -0.3 is 9.47 Å². The quantitative estimate of drug-likeness (QED) is 0.0915. The van der Waals surface area contributed by atoms with Crippen LogP contribution in [0.25, 0.3) is 53.0 Å². The minimum absolute atomic E-state index is 0.128. The fourth-order valence-electron chi connectivity index (χ4n) is 8.10. The molecular formula is C48H22F4N2O8S3. The Bertz CT molecular complexity index is 3400. The van der Waals surface area contributed by atoms with Crippen LogP contribution in [0.4, 0.5) is 27.2 Å². The van der Waals surface area contributed by atoms with Gasteiger partial charge in [-0.15, -0.1) is 34.0 Å². The molecule has 0 saturated heterocycles. The summed E-state index contributed by atoms with van der Waals surface area (Å²) in [6.07, 6.45) is 0.938. The van der Waals surface area contributed by atoms with Crippen LogP contribution in [0.15, 0.2) is 108 Å². The van der Waals surface area contributed by atoms with Crippen LogP contribution in [0.3, 0.4) is 0 Å². The molecule has 0 radical (unpaired) electrons. The molecule has 5 aromatic heterocycles. The van der Waals surface area contributed by atoms with Gasteiger partial charge in [-0.1, -0.05) is 60.7 Å². The number of ether oxygens (including phenoxy) is 2. The van der Waals surface area contributed by atoms with Crippen LogP contribution in [0.1, 0.15) is 62.3 Å². The number of nitrogens with zero attached hydrogens (tertiary/aromatic N) is 2. The molecule has 318 valence electrons. The molecule has 0 atom stereocenters. The summed E-state index contributed by atoms with van der Waals surface area (Å²) in [5, 5.41) is 0. The summed E-state index contributed by atoms with van der Waals surface area (Å²) in [5.41, 5.74) is 0.773. The number of ketones is 4. The number of Topliss-reactive ketones (excluding diaryl/α,β-unsaturated/α-hetero) is 4. The van der Waals surface area contributed by atoms with Crippen LogP contribution in [0, 0.1) is 23.3 Å². The van der Waals surface area contributed by atoms with Crippen LogP contribution in [0.5, 0.6) is 0 Å². The first-order valence-electron chi connectivity index (χ1n) is 19.4. The highest BCUT2D eigenvalue weighted by Gasteiger charge is 2.37. The van der Waals surface area contributed by atoms with E-state index in [0.717, 1.165) is 22.7 Å². The van der Waals surface area contributed by atoms with E-state index in [1.165, 1.54) is 32.6 Å². The summed E-state index contributed by atoms with van der Waals surface area (Å²) in [7, 11) is 0. The second-order valence-corrected chi connectivity index (χ2v) is 18.2. The van der Waals surface area contributed by atoms with E-state index in [0.29, 0.717) is 75.0 Å². The van der Waals surface area contributed by atoms with Gasteiger partial charge in [-0.2, -0.15) is 0 Å². The van der Waals surface area contributed by atoms with Gasteiger partial charge in [0.05, 0.1) is 52.0 Å². The number of thiophene rings is 3. The average Bonchev–Trinajstić information content (AvgIpc) is 4.16. The summed E-state index contributed by atoms with van der Waals surface area (Å²) < 4.78 is 72.9. The third-order valence-corrected chi connectivity index (χ3v) is 14.7. The molecule has 0 spiro atoms. The molecule has 0 bridgehead atoms. The van der Waals surface area contributed by atoms with Crippen molar-refractivity contribution in [2.24, 2.45) is 0 Å². The van der Waals surface area contributed by atoms with Crippen molar-refractivity contribution in [3.63, 3.8) is 0 Å². The van der Waals surface area contributed by atoms with E-state index in [4.69, 9.17) is 9.47 Å². The molecule has 0 saturated carbocycles. The minimum atomic E-state index is -1.28. The second kappa shape index (κ2) is 15.0. The maximum atomic E-state index is 14.4. The molecule has 0 fully saturated rings. The smallest absolute Gasteiger partial charge is 0.419 e. The van der Waals surface area contributed by atoms with Gasteiger partial charge in [-0.25, -0.2) is 36.3 Å². The molecule has 11 rings (SSSR count). The number of halogens is 4. The predicted octanol–water partition coefficient (Wildman–Crippen LogP) is 11.9. The third-order valence-electron chi connectivity index (χ3n) is 11.1. The predicted molar refractivity (Wildman–Crippen MR) is 236 cm³/mol. The Morgan fingerprint density at radius 1 is 0.477 bits per heavy atom. The van der Waals surface area contributed by atoms with E-state index in [9.17, 15) is 46.3 Å². The van der Waals surface area contributed by atoms with Gasteiger partial charge >= 0.3 is 12.2 Å². The molecule has 2 aliphatic carbocycles. The Kier molecular flexibility index (Phi) is 9.28. The monoisotopic (exact) mass is 926 g/mol. The number of fused-ring (bicyclic) bond motifs is 9. The molecule has 65 heavy (non-hydrogen) atoms. The van der Waals surface area contributed by atoms with Crippen molar-refractivity contribution in [1.29, 1.82) is 0 Å². The van der Waals surface area contributed by atoms with Crippen LogP contribution >= 0.6 is 34.0 Å². The highest BCUT2D eigenvalue weighted by molar-refractivity contribution is 7.34. The van der Waals surface area contributed by atoms with Gasteiger partial charge in [-0.3, -0.25) is 19.2 Å².